The van der Waals surface area contributed by atoms with Crippen molar-refractivity contribution in [3.05, 3.63) is 97.1 Å². The van der Waals surface area contributed by atoms with Gasteiger partial charge in [-0.25, -0.2) is 4.79 Å². The summed E-state index contributed by atoms with van der Waals surface area (Å²) >= 11 is 0. The van der Waals surface area contributed by atoms with Crippen LogP contribution in [0.1, 0.15) is 23.2 Å². The number of carbonyl (C=O) groups excluding carboxylic acids is 1. The largest absolute Gasteiger partial charge is 0.321 e. The van der Waals surface area contributed by atoms with Gasteiger partial charge in [0.1, 0.15) is 0 Å². The maximum Gasteiger partial charge on any atom is 0.321 e. The van der Waals surface area contributed by atoms with E-state index in [2.05, 4.69) is 37.4 Å². The van der Waals surface area contributed by atoms with Crippen LogP contribution in [0, 0.1) is 0 Å². The van der Waals surface area contributed by atoms with Crippen LogP contribution < -0.4 is 0 Å². The molecular weight excluding hydrogens is 296 g/mol. The standard InChI is InChI=1S/C21H22N2O/c1-3-15-22-19(17-11-7-5-8-12-17)20(18-13-9-6-10-14-18)23(16-4-2)21(22)24/h3-14,19-20H,1-2,15-16H2. The average molecular weight is 318 g/mol. The van der Waals surface area contributed by atoms with Crippen LogP contribution in [-0.4, -0.2) is 28.9 Å². The molecule has 3 heteroatoms. The minimum atomic E-state index is -0.0425. The zero-order valence-electron chi connectivity index (χ0n) is 13.7. The van der Waals surface area contributed by atoms with Gasteiger partial charge >= 0.3 is 6.03 Å². The molecule has 2 aromatic carbocycles. The molecule has 0 N–H and O–H groups in total. The highest BCUT2D eigenvalue weighted by Gasteiger charge is 2.45. The minimum absolute atomic E-state index is 0.0255. The van der Waals surface area contributed by atoms with Gasteiger partial charge in [0.05, 0.1) is 12.1 Å². The molecule has 24 heavy (non-hydrogen) atoms. The van der Waals surface area contributed by atoms with E-state index in [4.69, 9.17) is 0 Å². The lowest BCUT2D eigenvalue weighted by Gasteiger charge is -2.28. The van der Waals surface area contributed by atoms with Gasteiger partial charge in [0.2, 0.25) is 0 Å². The van der Waals surface area contributed by atoms with E-state index in [-0.39, 0.29) is 18.1 Å². The fourth-order valence-corrected chi connectivity index (χ4v) is 3.43. The fourth-order valence-electron chi connectivity index (χ4n) is 3.43. The summed E-state index contributed by atoms with van der Waals surface area (Å²) in [6.07, 6.45) is 3.57. The van der Waals surface area contributed by atoms with Crippen LogP contribution in [0.2, 0.25) is 0 Å². The van der Waals surface area contributed by atoms with E-state index in [1.165, 1.54) is 0 Å². The van der Waals surface area contributed by atoms with E-state index >= 15 is 0 Å². The highest BCUT2D eigenvalue weighted by Crippen LogP contribution is 2.44. The zero-order chi connectivity index (χ0) is 16.9. The number of carbonyl (C=O) groups is 1. The van der Waals surface area contributed by atoms with E-state index < -0.39 is 0 Å². The highest BCUT2D eigenvalue weighted by atomic mass is 16.2. The number of amides is 2. The lowest BCUT2D eigenvalue weighted by Crippen LogP contribution is -2.33. The molecule has 2 aromatic rings. The Kier molecular flexibility index (Phi) is 4.80. The molecule has 3 rings (SSSR count). The Bertz CT molecular complexity index is 650. The first-order valence-corrected chi connectivity index (χ1v) is 8.17. The smallest absolute Gasteiger partial charge is 0.311 e. The summed E-state index contributed by atoms with van der Waals surface area (Å²) in [5.41, 5.74) is 2.27. The normalized spacial score (nSPS) is 20.2. The van der Waals surface area contributed by atoms with Gasteiger partial charge in [0.15, 0.2) is 0 Å². The van der Waals surface area contributed by atoms with Gasteiger partial charge in [0.25, 0.3) is 0 Å². The number of nitrogens with zero attached hydrogens (tertiary/aromatic N) is 2. The Labute approximate surface area is 143 Å². The van der Waals surface area contributed by atoms with Gasteiger partial charge in [-0.3, -0.25) is 0 Å². The van der Waals surface area contributed by atoms with Crippen LogP contribution in [0.4, 0.5) is 4.79 Å². The Morgan fingerprint density at radius 2 is 1.12 bits per heavy atom. The number of hydrogen-bond donors (Lipinski definition) is 0. The maximum atomic E-state index is 13.0. The first-order valence-electron chi connectivity index (χ1n) is 8.17. The SMILES string of the molecule is C=CCN1C(=O)N(CC=C)C(c2ccccc2)C1c1ccccc1. The van der Waals surface area contributed by atoms with Crippen molar-refractivity contribution in [2.75, 3.05) is 13.1 Å². The predicted molar refractivity (Wildman–Crippen MR) is 97.6 cm³/mol. The topological polar surface area (TPSA) is 23.6 Å². The summed E-state index contributed by atoms with van der Waals surface area (Å²) in [5, 5.41) is 0. The molecule has 3 nitrogen and oxygen atoms in total. The van der Waals surface area contributed by atoms with Crippen molar-refractivity contribution in [2.45, 2.75) is 12.1 Å². The van der Waals surface area contributed by atoms with Gasteiger partial charge in [-0.15, -0.1) is 13.2 Å². The summed E-state index contributed by atoms with van der Waals surface area (Å²) in [7, 11) is 0. The van der Waals surface area contributed by atoms with Crippen molar-refractivity contribution in [3.8, 4) is 0 Å². The third kappa shape index (κ3) is 2.85. The predicted octanol–water partition coefficient (Wildman–Crippen LogP) is 4.58. The molecule has 1 fully saturated rings. The van der Waals surface area contributed by atoms with Crippen molar-refractivity contribution >= 4 is 6.03 Å². The molecule has 1 saturated heterocycles. The number of benzene rings is 2. The minimum Gasteiger partial charge on any atom is -0.311 e. The van der Waals surface area contributed by atoms with Crippen LogP contribution in [0.5, 0.6) is 0 Å². The van der Waals surface area contributed by atoms with Crippen LogP contribution in [0.25, 0.3) is 0 Å². The first-order chi connectivity index (χ1) is 11.8. The fraction of sp³-hybridized carbons (Fsp3) is 0.190. The molecule has 0 bridgehead atoms. The van der Waals surface area contributed by atoms with E-state index in [1.807, 2.05) is 46.2 Å². The van der Waals surface area contributed by atoms with Crippen molar-refractivity contribution < 1.29 is 4.79 Å². The van der Waals surface area contributed by atoms with Gasteiger partial charge in [-0.05, 0) is 11.1 Å². The third-order valence-electron chi connectivity index (χ3n) is 4.40. The monoisotopic (exact) mass is 318 g/mol. The second-order valence-electron chi connectivity index (χ2n) is 5.88. The molecule has 0 aromatic heterocycles. The van der Waals surface area contributed by atoms with Crippen molar-refractivity contribution in [2.24, 2.45) is 0 Å². The molecule has 2 unspecified atom stereocenters. The van der Waals surface area contributed by atoms with Crippen LogP contribution in [0.3, 0.4) is 0 Å². The first kappa shape index (κ1) is 16.1. The van der Waals surface area contributed by atoms with E-state index in [1.54, 1.807) is 12.2 Å². The molecule has 2 amide bonds. The Balaban J connectivity index is 2.12. The van der Waals surface area contributed by atoms with Crippen molar-refractivity contribution in [3.63, 3.8) is 0 Å². The van der Waals surface area contributed by atoms with Gasteiger partial charge in [-0.1, -0.05) is 72.8 Å². The number of urea groups is 1. The second-order valence-corrected chi connectivity index (χ2v) is 5.88. The van der Waals surface area contributed by atoms with E-state index in [9.17, 15) is 4.79 Å². The molecule has 0 radical (unpaired) electrons. The average Bonchev–Trinajstić information content (AvgIpc) is 2.90. The van der Waals surface area contributed by atoms with E-state index in [0.717, 1.165) is 11.1 Å². The van der Waals surface area contributed by atoms with Crippen molar-refractivity contribution in [1.29, 1.82) is 0 Å². The van der Waals surface area contributed by atoms with Gasteiger partial charge in [0, 0.05) is 13.1 Å². The Hall–Kier alpha value is -2.81. The molecule has 0 saturated carbocycles. The van der Waals surface area contributed by atoms with E-state index in [0.29, 0.717) is 13.1 Å². The quantitative estimate of drug-likeness (QED) is 0.715. The molecule has 0 spiro atoms. The second kappa shape index (κ2) is 7.18. The number of hydrogen-bond acceptors (Lipinski definition) is 1. The molecule has 1 heterocycles. The maximum absolute atomic E-state index is 13.0. The van der Waals surface area contributed by atoms with Crippen LogP contribution in [-0.2, 0) is 0 Å². The summed E-state index contributed by atoms with van der Waals surface area (Å²) in [6.45, 7) is 8.69. The molecule has 0 aliphatic carbocycles. The summed E-state index contributed by atoms with van der Waals surface area (Å²) in [4.78, 5) is 16.8. The third-order valence-corrected chi connectivity index (χ3v) is 4.40. The lowest BCUT2D eigenvalue weighted by molar-refractivity contribution is 0.192. The Morgan fingerprint density at radius 3 is 1.46 bits per heavy atom. The molecule has 1 aliphatic heterocycles. The molecule has 2 atom stereocenters. The lowest BCUT2D eigenvalue weighted by atomic mass is 9.93. The summed E-state index contributed by atoms with van der Waals surface area (Å²) in [5.74, 6) is 0. The van der Waals surface area contributed by atoms with Gasteiger partial charge < -0.3 is 9.80 Å². The van der Waals surface area contributed by atoms with Crippen LogP contribution in [0.15, 0.2) is 86.0 Å². The molecule has 122 valence electrons. The highest BCUT2D eigenvalue weighted by molar-refractivity contribution is 5.79. The number of rotatable bonds is 6. The summed E-state index contributed by atoms with van der Waals surface area (Å²) < 4.78 is 0. The summed E-state index contributed by atoms with van der Waals surface area (Å²) in [6, 6.07) is 20.3. The molecular formula is C21H22N2O. The Morgan fingerprint density at radius 1 is 0.750 bits per heavy atom. The zero-order valence-corrected chi connectivity index (χ0v) is 13.7. The molecule has 1 aliphatic rings. The van der Waals surface area contributed by atoms with Crippen molar-refractivity contribution in [1.82, 2.24) is 9.80 Å². The van der Waals surface area contributed by atoms with Crippen LogP contribution >= 0.6 is 0 Å². The van der Waals surface area contributed by atoms with Gasteiger partial charge in [-0.2, -0.15) is 0 Å².